The van der Waals surface area contributed by atoms with E-state index in [1.165, 1.54) is 30.3 Å². The molecule has 0 aliphatic carbocycles. The molecule has 2 aromatic rings. The molecule has 1 atom stereocenters. The Hall–Kier alpha value is -4.21. The topological polar surface area (TPSA) is 166 Å². The number of anilines is 1. The number of carbonyl (C=O) groups excluding carboxylic acids is 3. The number of carbonyl (C=O) groups is 4. The van der Waals surface area contributed by atoms with Crippen LogP contribution in [0.25, 0.3) is 0 Å². The Bertz CT molecular complexity index is 1080. The quantitative estimate of drug-likeness (QED) is 0.301. The minimum Gasteiger partial charge on any atom is -0.481 e. The van der Waals surface area contributed by atoms with Crippen LogP contribution in [-0.4, -0.2) is 58.7 Å². The molecule has 3 amide bonds. The molecule has 0 radical (unpaired) electrons. The lowest BCUT2D eigenvalue weighted by molar-refractivity contribution is -0.139. The summed E-state index contributed by atoms with van der Waals surface area (Å²) < 4.78 is 0. The Balaban J connectivity index is 1.68. The zero-order valence-corrected chi connectivity index (χ0v) is 17.8. The maximum atomic E-state index is 12.7. The van der Waals surface area contributed by atoms with Gasteiger partial charge >= 0.3 is 5.97 Å². The van der Waals surface area contributed by atoms with Gasteiger partial charge in [-0.2, -0.15) is 0 Å². The van der Waals surface area contributed by atoms with Gasteiger partial charge in [0.15, 0.2) is 0 Å². The van der Waals surface area contributed by atoms with Crippen molar-refractivity contribution in [1.82, 2.24) is 10.2 Å². The van der Waals surface area contributed by atoms with Gasteiger partial charge in [0.1, 0.15) is 11.9 Å². The fraction of sp³-hybridized carbons (Fsp3) is 0.261. The third-order valence-corrected chi connectivity index (χ3v) is 5.23. The monoisotopic (exact) mass is 451 g/mol. The van der Waals surface area contributed by atoms with E-state index in [1.54, 1.807) is 23.1 Å². The lowest BCUT2D eigenvalue weighted by Crippen LogP contribution is -2.45. The van der Waals surface area contributed by atoms with Gasteiger partial charge in [-0.25, -0.2) is 0 Å². The van der Waals surface area contributed by atoms with E-state index in [1.807, 2.05) is 0 Å². The number of nitrogen functional groups attached to an aromatic ring is 1. The van der Waals surface area contributed by atoms with Gasteiger partial charge in [-0.3, -0.25) is 24.6 Å². The second-order valence-corrected chi connectivity index (χ2v) is 7.68. The van der Waals surface area contributed by atoms with Crippen molar-refractivity contribution >= 4 is 35.2 Å². The minimum atomic E-state index is -1.35. The van der Waals surface area contributed by atoms with Gasteiger partial charge in [0.05, 0.1) is 6.42 Å². The van der Waals surface area contributed by atoms with Crippen LogP contribution in [0.4, 0.5) is 5.69 Å². The summed E-state index contributed by atoms with van der Waals surface area (Å²) in [5, 5.41) is 21.6. The van der Waals surface area contributed by atoms with Crippen LogP contribution in [-0.2, 0) is 9.59 Å². The van der Waals surface area contributed by atoms with E-state index in [-0.39, 0.29) is 17.3 Å². The van der Waals surface area contributed by atoms with Gasteiger partial charge in [0, 0.05) is 35.5 Å². The van der Waals surface area contributed by atoms with Crippen LogP contribution >= 0.6 is 0 Å². The highest BCUT2D eigenvalue weighted by Crippen LogP contribution is 2.15. The number of hydrogen-bond acceptors (Lipinski definition) is 5. The smallest absolute Gasteiger partial charge is 0.305 e. The van der Waals surface area contributed by atoms with Crippen molar-refractivity contribution in [2.24, 2.45) is 5.73 Å². The summed E-state index contributed by atoms with van der Waals surface area (Å²) >= 11 is 0. The molecule has 2 aromatic carbocycles. The lowest BCUT2D eigenvalue weighted by Gasteiger charge is -2.18. The van der Waals surface area contributed by atoms with Crippen LogP contribution in [0.5, 0.6) is 0 Å². The van der Waals surface area contributed by atoms with Crippen LogP contribution in [0.15, 0.2) is 48.5 Å². The van der Waals surface area contributed by atoms with Gasteiger partial charge in [-0.1, -0.05) is 12.1 Å². The zero-order chi connectivity index (χ0) is 24.0. The Kier molecular flexibility index (Phi) is 7.39. The molecule has 1 saturated heterocycles. The van der Waals surface area contributed by atoms with E-state index in [0.717, 1.165) is 12.8 Å². The highest BCUT2D eigenvalue weighted by molar-refractivity contribution is 6.04. The van der Waals surface area contributed by atoms with E-state index in [0.29, 0.717) is 29.9 Å². The van der Waals surface area contributed by atoms with Gasteiger partial charge in [-0.15, -0.1) is 0 Å². The average Bonchev–Trinajstić information content (AvgIpc) is 3.33. The van der Waals surface area contributed by atoms with Gasteiger partial charge in [-0.05, 0) is 49.2 Å². The lowest BCUT2D eigenvalue weighted by atomic mass is 10.1. The number of carboxylic acid groups (broad SMARTS) is 1. The number of rotatable bonds is 8. The highest BCUT2D eigenvalue weighted by Gasteiger charge is 2.25. The van der Waals surface area contributed by atoms with E-state index in [4.69, 9.17) is 11.1 Å². The molecule has 0 unspecified atom stereocenters. The largest absolute Gasteiger partial charge is 0.481 e. The average molecular weight is 451 g/mol. The van der Waals surface area contributed by atoms with Crippen molar-refractivity contribution in [2.45, 2.75) is 25.3 Å². The molecular formula is C23H25N5O5. The number of amides is 3. The molecule has 0 spiro atoms. The summed E-state index contributed by atoms with van der Waals surface area (Å²) in [5.41, 5.74) is 6.78. The van der Waals surface area contributed by atoms with E-state index in [9.17, 15) is 24.3 Å². The molecule has 1 heterocycles. The summed E-state index contributed by atoms with van der Waals surface area (Å²) in [6.45, 7) is 1.42. The predicted molar refractivity (Wildman–Crippen MR) is 121 cm³/mol. The SMILES string of the molecule is N=C(N)c1cccc(NC(=O)[C@@H](CC(=O)O)NC(=O)c2ccc(C(=O)N3CCCC3)cc2)c1. The third kappa shape index (κ3) is 6.16. The zero-order valence-electron chi connectivity index (χ0n) is 17.8. The molecular weight excluding hydrogens is 426 g/mol. The summed E-state index contributed by atoms with van der Waals surface area (Å²) in [5.74, 6) is -2.93. The number of carboxylic acids is 1. The van der Waals surface area contributed by atoms with E-state index < -0.39 is 30.2 Å². The van der Waals surface area contributed by atoms with Crippen molar-refractivity contribution < 1.29 is 24.3 Å². The van der Waals surface area contributed by atoms with E-state index >= 15 is 0 Å². The summed E-state index contributed by atoms with van der Waals surface area (Å²) in [4.78, 5) is 50.8. The Labute approximate surface area is 190 Å². The fourth-order valence-electron chi connectivity index (χ4n) is 3.49. The second kappa shape index (κ2) is 10.4. The maximum Gasteiger partial charge on any atom is 0.305 e. The first-order valence-corrected chi connectivity index (χ1v) is 10.4. The molecule has 6 N–H and O–H groups in total. The van der Waals surface area contributed by atoms with Crippen LogP contribution < -0.4 is 16.4 Å². The normalized spacial score (nSPS) is 13.8. The van der Waals surface area contributed by atoms with Crippen LogP contribution in [0.3, 0.4) is 0 Å². The molecule has 33 heavy (non-hydrogen) atoms. The molecule has 3 rings (SSSR count). The molecule has 172 valence electrons. The second-order valence-electron chi connectivity index (χ2n) is 7.68. The van der Waals surface area contributed by atoms with E-state index in [2.05, 4.69) is 10.6 Å². The maximum absolute atomic E-state index is 12.7. The van der Waals surface area contributed by atoms with Gasteiger partial charge in [0.2, 0.25) is 5.91 Å². The number of nitrogens with zero attached hydrogens (tertiary/aromatic N) is 1. The first kappa shape index (κ1) is 23.5. The molecule has 1 aliphatic heterocycles. The van der Waals surface area contributed by atoms with Crippen LogP contribution in [0, 0.1) is 5.41 Å². The van der Waals surface area contributed by atoms with Crippen LogP contribution in [0.2, 0.25) is 0 Å². The standard InChI is InChI=1S/C23H25N5O5/c24-20(25)16-4-3-5-17(12-16)26-22(32)18(13-19(29)30)27-21(31)14-6-8-15(9-7-14)23(33)28-10-1-2-11-28/h3-9,12,18H,1-2,10-11,13H2,(H3,24,25)(H,26,32)(H,27,31)(H,29,30)/t18-/m1/s1. The predicted octanol–water partition coefficient (Wildman–Crippen LogP) is 1.42. The molecule has 10 heteroatoms. The number of amidine groups is 1. The number of nitrogens with two attached hydrogens (primary N) is 1. The van der Waals surface area contributed by atoms with Crippen molar-refractivity contribution in [2.75, 3.05) is 18.4 Å². The number of hydrogen-bond donors (Lipinski definition) is 5. The Morgan fingerprint density at radius 3 is 2.24 bits per heavy atom. The van der Waals surface area contributed by atoms with Gasteiger partial charge < -0.3 is 26.4 Å². The highest BCUT2D eigenvalue weighted by atomic mass is 16.4. The summed E-state index contributed by atoms with van der Waals surface area (Å²) in [7, 11) is 0. The first-order valence-electron chi connectivity index (χ1n) is 10.4. The molecule has 1 fully saturated rings. The van der Waals surface area contributed by atoms with Crippen molar-refractivity contribution in [1.29, 1.82) is 5.41 Å². The van der Waals surface area contributed by atoms with Crippen LogP contribution in [0.1, 0.15) is 45.5 Å². The molecule has 10 nitrogen and oxygen atoms in total. The number of likely N-dealkylation sites (tertiary alicyclic amines) is 1. The first-order chi connectivity index (χ1) is 15.7. The number of benzene rings is 2. The fourth-order valence-corrected chi connectivity index (χ4v) is 3.49. The van der Waals surface area contributed by atoms with Crippen molar-refractivity contribution in [3.63, 3.8) is 0 Å². The van der Waals surface area contributed by atoms with Gasteiger partial charge in [0.25, 0.3) is 11.8 Å². The van der Waals surface area contributed by atoms with Crippen molar-refractivity contribution in [3.8, 4) is 0 Å². The molecule has 0 bridgehead atoms. The summed E-state index contributed by atoms with van der Waals surface area (Å²) in [6, 6.07) is 10.9. The Morgan fingerprint density at radius 1 is 1.00 bits per heavy atom. The number of nitrogens with one attached hydrogen (secondary N) is 3. The number of aliphatic carboxylic acids is 1. The molecule has 0 aromatic heterocycles. The molecule has 1 aliphatic rings. The minimum absolute atomic E-state index is 0.101. The van der Waals surface area contributed by atoms with Crippen molar-refractivity contribution in [3.05, 3.63) is 65.2 Å². The summed E-state index contributed by atoms with van der Waals surface area (Å²) in [6.07, 6.45) is 1.31. The third-order valence-electron chi connectivity index (χ3n) is 5.23. The molecule has 0 saturated carbocycles. The Morgan fingerprint density at radius 2 is 1.64 bits per heavy atom.